The molecule has 0 aromatic carbocycles. The van der Waals surface area contributed by atoms with Crippen molar-refractivity contribution in [2.45, 2.75) is 31.6 Å². The van der Waals surface area contributed by atoms with Crippen molar-refractivity contribution in [3.05, 3.63) is 0 Å². The quantitative estimate of drug-likeness (QED) is 0.115. The summed E-state index contributed by atoms with van der Waals surface area (Å²) < 4.78 is 73.5. The first-order valence-electron chi connectivity index (χ1n) is 9.30. The third-order valence-electron chi connectivity index (χ3n) is 4.60. The normalized spacial score (nSPS) is 13.7. The lowest BCUT2D eigenvalue weighted by Crippen LogP contribution is -2.48. The highest BCUT2D eigenvalue weighted by Crippen LogP contribution is 2.32. The second-order valence-electron chi connectivity index (χ2n) is 6.94. The summed E-state index contributed by atoms with van der Waals surface area (Å²) in [4.78, 5) is 37.4. The zero-order chi connectivity index (χ0) is 26.0. The molecular formula is C17H24Br4F2O9S. The molecule has 0 saturated heterocycles. The molecule has 0 aliphatic heterocycles. The molecule has 0 spiro atoms. The second kappa shape index (κ2) is 14.6. The lowest BCUT2D eigenvalue weighted by Gasteiger charge is -2.32. The number of ether oxygens (including phenoxy) is 3. The van der Waals surface area contributed by atoms with Crippen LogP contribution in [0.4, 0.5) is 8.78 Å². The molecule has 0 aromatic rings. The van der Waals surface area contributed by atoms with Gasteiger partial charge in [-0.05, 0) is 13.3 Å². The maximum atomic E-state index is 13.9. The molecule has 33 heavy (non-hydrogen) atoms. The van der Waals surface area contributed by atoms with E-state index in [4.69, 9.17) is 14.0 Å². The number of carbonyl (C=O) groups is 3. The van der Waals surface area contributed by atoms with Gasteiger partial charge in [-0.2, -0.15) is 17.2 Å². The van der Waals surface area contributed by atoms with Crippen LogP contribution in [0.15, 0.2) is 0 Å². The van der Waals surface area contributed by atoms with Crippen LogP contribution in [0.25, 0.3) is 0 Å². The Morgan fingerprint density at radius 1 is 0.909 bits per heavy atom. The maximum Gasteiger partial charge on any atom is 0.405 e. The molecule has 1 unspecified atom stereocenters. The molecule has 1 atom stereocenters. The molecule has 0 amide bonds. The monoisotopic (exact) mass is 758 g/mol. The molecule has 0 fully saturated rings. The van der Waals surface area contributed by atoms with E-state index in [0.29, 0.717) is 6.92 Å². The van der Waals surface area contributed by atoms with Crippen molar-refractivity contribution in [3.63, 3.8) is 0 Å². The van der Waals surface area contributed by atoms with E-state index < -0.39 is 69.8 Å². The number of rotatable bonds is 15. The molecule has 0 heterocycles. The van der Waals surface area contributed by atoms with Gasteiger partial charge >= 0.3 is 33.3 Å². The first kappa shape index (κ1) is 33.1. The summed E-state index contributed by atoms with van der Waals surface area (Å²) in [5.41, 5.74) is -1.92. The van der Waals surface area contributed by atoms with Crippen molar-refractivity contribution < 1.29 is 50.3 Å². The highest BCUT2D eigenvalue weighted by molar-refractivity contribution is 9.10. The van der Waals surface area contributed by atoms with Crippen LogP contribution >= 0.6 is 63.7 Å². The topological polar surface area (TPSA) is 133 Å². The van der Waals surface area contributed by atoms with Crippen LogP contribution in [-0.2, 0) is 38.7 Å². The van der Waals surface area contributed by atoms with Gasteiger partial charge < -0.3 is 14.2 Å². The highest BCUT2D eigenvalue weighted by Gasteiger charge is 2.54. The second-order valence-corrected chi connectivity index (χ2v) is 11.0. The van der Waals surface area contributed by atoms with Crippen LogP contribution < -0.4 is 0 Å². The Kier molecular flexibility index (Phi) is 14.7. The summed E-state index contributed by atoms with van der Waals surface area (Å²) in [5, 5.41) is -3.89. The first-order valence-corrected chi connectivity index (χ1v) is 15.2. The zero-order valence-electron chi connectivity index (χ0n) is 17.6. The Hall–Kier alpha value is 0.1000. The fraction of sp³-hybridized carbons (Fsp3) is 0.824. The van der Waals surface area contributed by atoms with Gasteiger partial charge in [-0.1, -0.05) is 70.6 Å². The molecule has 0 aromatic heterocycles. The van der Waals surface area contributed by atoms with E-state index >= 15 is 0 Å². The van der Waals surface area contributed by atoms with E-state index in [-0.39, 0.29) is 27.7 Å². The van der Waals surface area contributed by atoms with E-state index in [1.165, 1.54) is 6.92 Å². The van der Waals surface area contributed by atoms with Gasteiger partial charge in [0.1, 0.15) is 18.6 Å². The predicted octanol–water partition coefficient (Wildman–Crippen LogP) is 3.69. The molecule has 0 saturated carbocycles. The Labute approximate surface area is 224 Å². The van der Waals surface area contributed by atoms with Crippen molar-refractivity contribution in [2.75, 3.05) is 34.5 Å². The Balaban J connectivity index is 5.87. The molecule has 0 aliphatic carbocycles. The SMILES string of the molecule is CCC(COC(=O)C(CBr)CBr)(COC(=O)C(CBr)CBr)C(=O)OC(C)C(F)(F)S(=O)(=O)O. The molecule has 16 heteroatoms. The van der Waals surface area contributed by atoms with Crippen LogP contribution in [-0.4, -0.2) is 76.8 Å². The molecule has 0 aliphatic rings. The summed E-state index contributed by atoms with van der Waals surface area (Å²) in [5.74, 6) is -4.12. The highest BCUT2D eigenvalue weighted by atomic mass is 79.9. The van der Waals surface area contributed by atoms with Crippen LogP contribution in [0, 0.1) is 17.3 Å². The van der Waals surface area contributed by atoms with Crippen molar-refractivity contribution >= 4 is 91.7 Å². The van der Waals surface area contributed by atoms with Gasteiger partial charge in [-0.15, -0.1) is 0 Å². The molecule has 9 nitrogen and oxygen atoms in total. The summed E-state index contributed by atoms with van der Waals surface area (Å²) in [6, 6.07) is 0. The number of halogens is 6. The summed E-state index contributed by atoms with van der Waals surface area (Å²) >= 11 is 12.5. The van der Waals surface area contributed by atoms with Gasteiger partial charge in [-0.25, -0.2) is 0 Å². The zero-order valence-corrected chi connectivity index (χ0v) is 24.7. The number of hydrogen-bond acceptors (Lipinski definition) is 8. The minimum atomic E-state index is -5.89. The minimum Gasteiger partial charge on any atom is -0.464 e. The largest absolute Gasteiger partial charge is 0.464 e. The van der Waals surface area contributed by atoms with Crippen molar-refractivity contribution in [1.82, 2.24) is 0 Å². The average molecular weight is 762 g/mol. The van der Waals surface area contributed by atoms with Gasteiger partial charge in [0, 0.05) is 21.3 Å². The van der Waals surface area contributed by atoms with E-state index in [9.17, 15) is 31.6 Å². The Bertz CT molecular complexity index is 746. The third-order valence-corrected chi connectivity index (χ3v) is 8.75. The summed E-state index contributed by atoms with van der Waals surface area (Å²) in [6.45, 7) is 0.625. The fourth-order valence-electron chi connectivity index (χ4n) is 2.06. The number of esters is 3. The molecule has 0 radical (unpaired) electrons. The fourth-order valence-corrected chi connectivity index (χ4v) is 5.73. The molecule has 0 bridgehead atoms. The molecule has 1 N–H and O–H groups in total. The van der Waals surface area contributed by atoms with Crippen LogP contribution in [0.5, 0.6) is 0 Å². The van der Waals surface area contributed by atoms with Gasteiger partial charge in [-0.3, -0.25) is 18.9 Å². The van der Waals surface area contributed by atoms with Crippen LogP contribution in [0.2, 0.25) is 0 Å². The predicted molar refractivity (Wildman–Crippen MR) is 129 cm³/mol. The van der Waals surface area contributed by atoms with Gasteiger partial charge in [0.05, 0.1) is 11.8 Å². The van der Waals surface area contributed by atoms with E-state index in [1.807, 2.05) is 0 Å². The van der Waals surface area contributed by atoms with E-state index in [0.717, 1.165) is 0 Å². The lowest BCUT2D eigenvalue weighted by molar-refractivity contribution is -0.184. The maximum absolute atomic E-state index is 13.9. The summed E-state index contributed by atoms with van der Waals surface area (Å²) in [7, 11) is -5.89. The molecular weight excluding hydrogens is 738 g/mol. The number of alkyl halides is 6. The minimum absolute atomic E-state index is 0.183. The lowest BCUT2D eigenvalue weighted by atomic mass is 9.86. The first-order chi connectivity index (χ1) is 15.2. The Morgan fingerprint density at radius 3 is 1.55 bits per heavy atom. The van der Waals surface area contributed by atoms with Gasteiger partial charge in [0.15, 0.2) is 6.10 Å². The van der Waals surface area contributed by atoms with Crippen molar-refractivity contribution in [2.24, 2.45) is 17.3 Å². The van der Waals surface area contributed by atoms with E-state index in [1.54, 1.807) is 0 Å². The smallest absolute Gasteiger partial charge is 0.405 e. The standard InChI is InChI=1S/C17H24Br4F2O9S/c1-3-16(8-30-13(24)11(4-18)5-19,9-31-14(25)12(6-20)7-21)15(26)32-10(2)17(22,23)33(27,28)29/h10-12H,3-9H2,1-2H3,(H,27,28,29). The van der Waals surface area contributed by atoms with Gasteiger partial charge in [0.25, 0.3) is 0 Å². The van der Waals surface area contributed by atoms with Crippen molar-refractivity contribution in [3.8, 4) is 0 Å². The third kappa shape index (κ3) is 9.24. The molecule has 194 valence electrons. The molecule has 0 rings (SSSR count). The van der Waals surface area contributed by atoms with Crippen LogP contribution in [0.1, 0.15) is 20.3 Å². The average Bonchev–Trinajstić information content (AvgIpc) is 2.74. The van der Waals surface area contributed by atoms with Crippen LogP contribution in [0.3, 0.4) is 0 Å². The number of carbonyl (C=O) groups excluding carboxylic acids is 3. The van der Waals surface area contributed by atoms with E-state index in [2.05, 4.69) is 68.5 Å². The van der Waals surface area contributed by atoms with Gasteiger partial charge in [0.2, 0.25) is 0 Å². The number of hydrogen-bond donors (Lipinski definition) is 1. The Morgan fingerprint density at radius 2 is 1.27 bits per heavy atom. The summed E-state index contributed by atoms with van der Waals surface area (Å²) in [6.07, 6.45) is -2.77. The van der Waals surface area contributed by atoms with Crippen molar-refractivity contribution in [1.29, 1.82) is 0 Å².